The summed E-state index contributed by atoms with van der Waals surface area (Å²) in [7, 11) is 0. The monoisotopic (exact) mass is 184 g/mol. The molecule has 0 bridgehead atoms. The maximum Gasteiger partial charge on any atom is 0.166 e. The second-order valence-electron chi connectivity index (χ2n) is 4.00. The highest BCUT2D eigenvalue weighted by molar-refractivity contribution is 7.80. The molecule has 3 heteroatoms. The first-order chi connectivity index (χ1) is 5.81. The first-order valence-electron chi connectivity index (χ1n) is 4.87. The average molecular weight is 184 g/mol. The summed E-state index contributed by atoms with van der Waals surface area (Å²) in [5.41, 5.74) is 0.327. The van der Waals surface area contributed by atoms with Crippen LogP contribution in [0.15, 0.2) is 0 Å². The Morgan fingerprint density at radius 2 is 1.75 bits per heavy atom. The van der Waals surface area contributed by atoms with E-state index in [9.17, 15) is 0 Å². The molecule has 0 aromatic rings. The lowest BCUT2D eigenvalue weighted by Crippen LogP contribution is -2.42. The van der Waals surface area contributed by atoms with E-state index in [-0.39, 0.29) is 0 Å². The first kappa shape index (κ1) is 8.30. The van der Waals surface area contributed by atoms with Gasteiger partial charge in [0.2, 0.25) is 0 Å². The molecule has 2 fully saturated rings. The van der Waals surface area contributed by atoms with Gasteiger partial charge < -0.3 is 10.6 Å². The van der Waals surface area contributed by atoms with Crippen molar-refractivity contribution in [3.8, 4) is 0 Å². The van der Waals surface area contributed by atoms with E-state index < -0.39 is 0 Å². The van der Waals surface area contributed by atoms with Crippen molar-refractivity contribution < 1.29 is 0 Å². The molecule has 0 amide bonds. The van der Waals surface area contributed by atoms with Crippen LogP contribution in [-0.2, 0) is 0 Å². The van der Waals surface area contributed by atoms with Crippen molar-refractivity contribution in [2.75, 3.05) is 6.54 Å². The highest BCUT2D eigenvalue weighted by Crippen LogP contribution is 2.28. The zero-order chi connectivity index (χ0) is 8.44. The van der Waals surface area contributed by atoms with Crippen molar-refractivity contribution in [1.29, 1.82) is 0 Å². The molecule has 1 spiro atoms. The normalized spacial score (nSPS) is 27.8. The molecule has 12 heavy (non-hydrogen) atoms. The number of rotatable bonds is 0. The quantitative estimate of drug-likeness (QED) is 0.559. The van der Waals surface area contributed by atoms with E-state index in [2.05, 4.69) is 10.6 Å². The first-order valence-corrected chi connectivity index (χ1v) is 5.28. The summed E-state index contributed by atoms with van der Waals surface area (Å²) in [5, 5.41) is 7.52. The SMILES string of the molecule is S=C1NCC2(CCCCCC2)N1. The second kappa shape index (κ2) is 3.21. The fourth-order valence-corrected chi connectivity index (χ4v) is 2.57. The molecule has 1 aliphatic heterocycles. The number of nitrogens with one attached hydrogen (secondary N) is 2. The van der Waals surface area contributed by atoms with Gasteiger partial charge >= 0.3 is 0 Å². The van der Waals surface area contributed by atoms with Crippen LogP contribution in [0.5, 0.6) is 0 Å². The molecule has 0 radical (unpaired) electrons. The highest BCUT2D eigenvalue weighted by Gasteiger charge is 2.35. The Morgan fingerprint density at radius 1 is 1.08 bits per heavy atom. The van der Waals surface area contributed by atoms with Gasteiger partial charge in [-0.15, -0.1) is 0 Å². The van der Waals surface area contributed by atoms with Crippen LogP contribution in [0.2, 0.25) is 0 Å². The summed E-state index contributed by atoms with van der Waals surface area (Å²) in [5.74, 6) is 0. The zero-order valence-electron chi connectivity index (χ0n) is 7.36. The predicted molar refractivity (Wildman–Crippen MR) is 54.2 cm³/mol. The van der Waals surface area contributed by atoms with E-state index in [4.69, 9.17) is 12.2 Å². The summed E-state index contributed by atoms with van der Waals surface area (Å²) in [4.78, 5) is 0. The second-order valence-corrected chi connectivity index (χ2v) is 4.41. The molecular weight excluding hydrogens is 168 g/mol. The largest absolute Gasteiger partial charge is 0.360 e. The van der Waals surface area contributed by atoms with Gasteiger partial charge in [-0.05, 0) is 25.1 Å². The minimum absolute atomic E-state index is 0.327. The fraction of sp³-hybridized carbons (Fsp3) is 0.889. The molecule has 0 aromatic heterocycles. The van der Waals surface area contributed by atoms with Crippen LogP contribution >= 0.6 is 12.2 Å². The highest BCUT2D eigenvalue weighted by atomic mass is 32.1. The summed E-state index contributed by atoms with van der Waals surface area (Å²) in [6.45, 7) is 1.05. The van der Waals surface area contributed by atoms with Crippen LogP contribution in [0.3, 0.4) is 0 Å². The minimum atomic E-state index is 0.327. The lowest BCUT2D eigenvalue weighted by molar-refractivity contribution is 0.363. The van der Waals surface area contributed by atoms with E-state index in [0.29, 0.717) is 5.54 Å². The third kappa shape index (κ3) is 1.56. The standard InChI is InChI=1S/C9H16N2S/c12-8-10-7-9(11-8)5-3-1-2-4-6-9/h1-7H2,(H2,10,11,12). The zero-order valence-corrected chi connectivity index (χ0v) is 8.17. The van der Waals surface area contributed by atoms with Gasteiger partial charge in [0.05, 0.1) is 5.54 Å². The van der Waals surface area contributed by atoms with E-state index >= 15 is 0 Å². The summed E-state index contributed by atoms with van der Waals surface area (Å²) in [6.07, 6.45) is 8.10. The molecule has 0 unspecified atom stereocenters. The Balaban J connectivity index is 2.03. The maximum absolute atomic E-state index is 5.09. The van der Waals surface area contributed by atoms with Crippen molar-refractivity contribution in [3.05, 3.63) is 0 Å². The predicted octanol–water partition coefficient (Wildman–Crippen LogP) is 1.56. The fourth-order valence-electron chi connectivity index (χ4n) is 2.29. The minimum Gasteiger partial charge on any atom is -0.360 e. The molecule has 0 aromatic carbocycles. The maximum atomic E-state index is 5.09. The molecular formula is C9H16N2S. The van der Waals surface area contributed by atoms with Crippen molar-refractivity contribution in [1.82, 2.24) is 10.6 Å². The molecule has 1 aliphatic carbocycles. The Morgan fingerprint density at radius 3 is 2.25 bits per heavy atom. The van der Waals surface area contributed by atoms with Crippen LogP contribution in [0.1, 0.15) is 38.5 Å². The van der Waals surface area contributed by atoms with E-state index in [1.54, 1.807) is 0 Å². The van der Waals surface area contributed by atoms with Gasteiger partial charge in [-0.2, -0.15) is 0 Å². The Labute approximate surface area is 79.1 Å². The van der Waals surface area contributed by atoms with Crippen molar-refractivity contribution in [2.45, 2.75) is 44.1 Å². The van der Waals surface area contributed by atoms with Gasteiger partial charge in [-0.25, -0.2) is 0 Å². The van der Waals surface area contributed by atoms with Crippen LogP contribution in [0.4, 0.5) is 0 Å². The van der Waals surface area contributed by atoms with Crippen molar-refractivity contribution in [3.63, 3.8) is 0 Å². The van der Waals surface area contributed by atoms with Gasteiger partial charge in [-0.3, -0.25) is 0 Å². The molecule has 0 atom stereocenters. The van der Waals surface area contributed by atoms with Crippen LogP contribution in [-0.4, -0.2) is 17.2 Å². The lowest BCUT2D eigenvalue weighted by atomic mass is 9.92. The molecule has 1 saturated heterocycles. The molecule has 2 aliphatic rings. The molecule has 2 nitrogen and oxygen atoms in total. The Kier molecular flexibility index (Phi) is 2.22. The van der Waals surface area contributed by atoms with Gasteiger partial charge in [0, 0.05) is 6.54 Å². The summed E-state index contributed by atoms with van der Waals surface area (Å²) >= 11 is 5.09. The van der Waals surface area contributed by atoms with Gasteiger partial charge in [0.25, 0.3) is 0 Å². The Bertz CT molecular complexity index is 183. The number of hydrogen-bond donors (Lipinski definition) is 2. The number of hydrogen-bond acceptors (Lipinski definition) is 1. The van der Waals surface area contributed by atoms with Gasteiger partial charge in [0.1, 0.15) is 0 Å². The molecule has 2 rings (SSSR count). The Hall–Kier alpha value is -0.310. The third-order valence-corrected chi connectivity index (χ3v) is 3.27. The van der Waals surface area contributed by atoms with Gasteiger partial charge in [-0.1, -0.05) is 25.7 Å². The lowest BCUT2D eigenvalue weighted by Gasteiger charge is -2.26. The summed E-state index contributed by atoms with van der Waals surface area (Å²) in [6, 6.07) is 0. The van der Waals surface area contributed by atoms with E-state index in [1.807, 2.05) is 0 Å². The number of thiocarbonyl (C=S) groups is 1. The molecule has 1 heterocycles. The van der Waals surface area contributed by atoms with Crippen molar-refractivity contribution in [2.24, 2.45) is 0 Å². The smallest absolute Gasteiger partial charge is 0.166 e. The van der Waals surface area contributed by atoms with Crippen LogP contribution in [0, 0.1) is 0 Å². The van der Waals surface area contributed by atoms with Crippen molar-refractivity contribution >= 4 is 17.3 Å². The summed E-state index contributed by atoms with van der Waals surface area (Å²) < 4.78 is 0. The third-order valence-electron chi connectivity index (χ3n) is 3.03. The van der Waals surface area contributed by atoms with E-state index in [1.165, 1.54) is 38.5 Å². The molecule has 2 N–H and O–H groups in total. The van der Waals surface area contributed by atoms with E-state index in [0.717, 1.165) is 11.7 Å². The van der Waals surface area contributed by atoms with Crippen LogP contribution in [0.25, 0.3) is 0 Å². The molecule has 1 saturated carbocycles. The van der Waals surface area contributed by atoms with Gasteiger partial charge in [0.15, 0.2) is 5.11 Å². The average Bonchev–Trinajstić information content (AvgIpc) is 2.30. The topological polar surface area (TPSA) is 24.1 Å². The molecule has 68 valence electrons. The van der Waals surface area contributed by atoms with Crippen LogP contribution < -0.4 is 10.6 Å².